The summed E-state index contributed by atoms with van der Waals surface area (Å²) in [6.45, 7) is 3.33. The summed E-state index contributed by atoms with van der Waals surface area (Å²) < 4.78 is 7.48. The van der Waals surface area contributed by atoms with E-state index in [-0.39, 0.29) is 22.9 Å². The highest BCUT2D eigenvalue weighted by Gasteiger charge is 2.21. The molecule has 26 heavy (non-hydrogen) atoms. The smallest absolute Gasteiger partial charge is 0.350 e. The van der Waals surface area contributed by atoms with Crippen LogP contribution in [0, 0.1) is 13.8 Å². The fourth-order valence-electron chi connectivity index (χ4n) is 2.60. The normalized spacial score (nSPS) is 11.1. The van der Waals surface area contributed by atoms with E-state index in [1.54, 1.807) is 13.8 Å². The maximum absolute atomic E-state index is 12.4. The Kier molecular flexibility index (Phi) is 4.36. The maximum Gasteiger partial charge on any atom is 0.350 e. The predicted octanol–water partition coefficient (Wildman–Crippen LogP) is 0.645. The maximum atomic E-state index is 12.4. The van der Waals surface area contributed by atoms with Crippen LogP contribution < -0.4 is 17.0 Å². The van der Waals surface area contributed by atoms with Gasteiger partial charge in [0.25, 0.3) is 5.56 Å². The summed E-state index contributed by atoms with van der Waals surface area (Å²) in [6, 6.07) is 1.25. The Morgan fingerprint density at radius 1 is 1.23 bits per heavy atom. The van der Waals surface area contributed by atoms with Gasteiger partial charge in [-0.05, 0) is 13.8 Å². The van der Waals surface area contributed by atoms with E-state index in [0.717, 1.165) is 15.9 Å². The number of ether oxygens (including phenoxy) is 1. The van der Waals surface area contributed by atoms with Crippen LogP contribution in [0.25, 0.3) is 10.2 Å². The van der Waals surface area contributed by atoms with Crippen molar-refractivity contribution in [3.05, 3.63) is 49.0 Å². The minimum Gasteiger partial charge on any atom is -0.455 e. The molecule has 3 rings (SSSR count). The highest BCUT2D eigenvalue weighted by Crippen LogP contribution is 2.34. The first-order chi connectivity index (χ1) is 12.2. The summed E-state index contributed by atoms with van der Waals surface area (Å²) in [6.07, 6.45) is 0. The SMILES string of the molecule is Cc1nc(C)c2c(N)c(C(=O)OCc3cc(=O)n(C)c(=O)n3C)sc2n1. The number of carbonyl (C=O) groups is 1. The third-order valence-electron chi connectivity index (χ3n) is 4.04. The molecule has 0 radical (unpaired) electrons. The van der Waals surface area contributed by atoms with Crippen LogP contribution in [0.4, 0.5) is 5.69 Å². The highest BCUT2D eigenvalue weighted by molar-refractivity contribution is 7.21. The topological polar surface area (TPSA) is 122 Å². The molecule has 0 saturated carbocycles. The number of esters is 1. The number of rotatable bonds is 3. The van der Waals surface area contributed by atoms with Gasteiger partial charge in [0.2, 0.25) is 0 Å². The van der Waals surface area contributed by atoms with E-state index in [1.165, 1.54) is 24.7 Å². The van der Waals surface area contributed by atoms with Crippen molar-refractivity contribution in [3.63, 3.8) is 0 Å². The molecule has 0 aliphatic carbocycles. The molecular formula is C16H17N5O4S. The number of nitrogens with zero attached hydrogens (tertiary/aromatic N) is 4. The van der Waals surface area contributed by atoms with Gasteiger partial charge in [-0.3, -0.25) is 13.9 Å². The van der Waals surface area contributed by atoms with Crippen LogP contribution in [0.2, 0.25) is 0 Å². The van der Waals surface area contributed by atoms with E-state index in [9.17, 15) is 14.4 Å². The fraction of sp³-hybridized carbons (Fsp3) is 0.312. The molecule has 0 aromatic carbocycles. The predicted molar refractivity (Wildman–Crippen MR) is 97.3 cm³/mol. The quantitative estimate of drug-likeness (QED) is 0.667. The number of nitrogen functional groups attached to an aromatic ring is 1. The standard InChI is InChI=1S/C16H17N5O4S/c1-7-11-12(17)13(26-14(11)19-8(2)18-7)15(23)25-6-9-5-10(22)21(4)16(24)20(9)3/h5H,6,17H2,1-4H3. The molecule has 3 aromatic heterocycles. The van der Waals surface area contributed by atoms with Gasteiger partial charge in [0.15, 0.2) is 0 Å². The molecule has 10 heteroatoms. The van der Waals surface area contributed by atoms with Crippen LogP contribution in [0.3, 0.4) is 0 Å². The van der Waals surface area contributed by atoms with Gasteiger partial charge >= 0.3 is 11.7 Å². The number of hydrogen-bond donors (Lipinski definition) is 1. The van der Waals surface area contributed by atoms with Crippen LogP contribution in [0.15, 0.2) is 15.7 Å². The van der Waals surface area contributed by atoms with Crippen LogP contribution in [0.1, 0.15) is 26.9 Å². The number of hydrogen-bond acceptors (Lipinski definition) is 8. The zero-order chi connectivity index (χ0) is 19.2. The Balaban J connectivity index is 1.92. The van der Waals surface area contributed by atoms with Gasteiger partial charge < -0.3 is 10.5 Å². The minimum atomic E-state index is -0.643. The molecule has 0 fully saturated rings. The first-order valence-electron chi connectivity index (χ1n) is 7.67. The number of aryl methyl sites for hydroxylation is 2. The molecule has 0 unspecified atom stereocenters. The minimum absolute atomic E-state index is 0.219. The van der Waals surface area contributed by atoms with E-state index in [4.69, 9.17) is 10.5 Å². The van der Waals surface area contributed by atoms with Gasteiger partial charge in [-0.25, -0.2) is 19.6 Å². The van der Waals surface area contributed by atoms with E-state index >= 15 is 0 Å². The van der Waals surface area contributed by atoms with Crippen molar-refractivity contribution >= 4 is 33.2 Å². The van der Waals surface area contributed by atoms with Crippen molar-refractivity contribution in [3.8, 4) is 0 Å². The summed E-state index contributed by atoms with van der Waals surface area (Å²) in [5.41, 5.74) is 6.36. The number of fused-ring (bicyclic) bond motifs is 1. The number of carbonyl (C=O) groups excluding carboxylic acids is 1. The fourth-order valence-corrected chi connectivity index (χ4v) is 3.69. The lowest BCUT2D eigenvalue weighted by Gasteiger charge is -2.09. The molecule has 0 atom stereocenters. The molecule has 136 valence electrons. The summed E-state index contributed by atoms with van der Waals surface area (Å²) >= 11 is 1.12. The van der Waals surface area contributed by atoms with Gasteiger partial charge in [0.05, 0.1) is 22.5 Å². The molecule has 0 bridgehead atoms. The Bertz CT molecular complexity index is 1160. The van der Waals surface area contributed by atoms with E-state index in [2.05, 4.69) is 9.97 Å². The van der Waals surface area contributed by atoms with Crippen molar-refractivity contribution < 1.29 is 9.53 Å². The van der Waals surface area contributed by atoms with E-state index in [0.29, 0.717) is 21.7 Å². The summed E-state index contributed by atoms with van der Waals surface area (Å²) in [7, 11) is 2.88. The van der Waals surface area contributed by atoms with Crippen LogP contribution in [-0.4, -0.2) is 25.1 Å². The molecule has 2 N–H and O–H groups in total. The average Bonchev–Trinajstić information content (AvgIpc) is 2.91. The monoisotopic (exact) mass is 375 g/mol. The van der Waals surface area contributed by atoms with Crippen LogP contribution in [-0.2, 0) is 25.4 Å². The van der Waals surface area contributed by atoms with Gasteiger partial charge in [-0.1, -0.05) is 0 Å². The molecule has 3 heterocycles. The first-order valence-corrected chi connectivity index (χ1v) is 8.48. The third kappa shape index (κ3) is 2.88. The lowest BCUT2D eigenvalue weighted by atomic mass is 10.2. The van der Waals surface area contributed by atoms with Gasteiger partial charge in [0, 0.05) is 20.2 Å². The van der Waals surface area contributed by atoms with Crippen molar-refractivity contribution in [2.75, 3.05) is 5.73 Å². The lowest BCUT2D eigenvalue weighted by molar-refractivity contribution is 0.0469. The average molecular weight is 375 g/mol. The molecule has 0 aliphatic rings. The Hall–Kier alpha value is -3.01. The molecule has 0 spiro atoms. The molecule has 0 aliphatic heterocycles. The lowest BCUT2D eigenvalue weighted by Crippen LogP contribution is -2.38. The summed E-state index contributed by atoms with van der Waals surface area (Å²) in [5, 5.41) is 0.633. The number of aromatic nitrogens is 4. The van der Waals surface area contributed by atoms with Gasteiger partial charge in [-0.15, -0.1) is 11.3 Å². The molecule has 0 amide bonds. The highest BCUT2D eigenvalue weighted by atomic mass is 32.1. The zero-order valence-electron chi connectivity index (χ0n) is 14.7. The number of anilines is 1. The molecule has 0 saturated heterocycles. The summed E-state index contributed by atoms with van der Waals surface area (Å²) in [4.78, 5) is 45.5. The Morgan fingerprint density at radius 3 is 2.62 bits per heavy atom. The van der Waals surface area contributed by atoms with Crippen LogP contribution in [0.5, 0.6) is 0 Å². The first kappa shape index (κ1) is 17.8. The largest absolute Gasteiger partial charge is 0.455 e. The third-order valence-corrected chi connectivity index (χ3v) is 5.12. The van der Waals surface area contributed by atoms with Gasteiger partial charge in [0.1, 0.15) is 22.1 Å². The number of nitrogens with two attached hydrogens (primary N) is 1. The van der Waals surface area contributed by atoms with Crippen molar-refractivity contribution in [2.24, 2.45) is 14.1 Å². The zero-order valence-corrected chi connectivity index (χ0v) is 15.5. The van der Waals surface area contributed by atoms with Crippen LogP contribution >= 0.6 is 11.3 Å². The summed E-state index contributed by atoms with van der Waals surface area (Å²) in [5.74, 6) is -0.0537. The molecule has 3 aromatic rings. The van der Waals surface area contributed by atoms with E-state index in [1.807, 2.05) is 0 Å². The molecule has 9 nitrogen and oxygen atoms in total. The second-order valence-corrected chi connectivity index (χ2v) is 6.83. The second kappa shape index (κ2) is 6.37. The van der Waals surface area contributed by atoms with E-state index < -0.39 is 17.2 Å². The Labute approximate surface area is 151 Å². The van der Waals surface area contributed by atoms with Crippen molar-refractivity contribution in [1.82, 2.24) is 19.1 Å². The van der Waals surface area contributed by atoms with Gasteiger partial charge in [-0.2, -0.15) is 0 Å². The van der Waals surface area contributed by atoms with Crippen molar-refractivity contribution in [2.45, 2.75) is 20.5 Å². The molecular weight excluding hydrogens is 358 g/mol. The van der Waals surface area contributed by atoms with Crippen molar-refractivity contribution in [1.29, 1.82) is 0 Å². The number of thiophene rings is 1. The Morgan fingerprint density at radius 2 is 1.92 bits per heavy atom. The second-order valence-electron chi connectivity index (χ2n) is 5.83.